The van der Waals surface area contributed by atoms with Gasteiger partial charge in [-0.2, -0.15) is 0 Å². The third kappa shape index (κ3) is 4.38. The van der Waals surface area contributed by atoms with Crippen LogP contribution in [0.2, 0.25) is 0 Å². The van der Waals surface area contributed by atoms with E-state index >= 15 is 0 Å². The van der Waals surface area contributed by atoms with E-state index in [4.69, 9.17) is 17.0 Å². The molecule has 2 aromatic carbocycles. The van der Waals surface area contributed by atoms with Gasteiger partial charge in [0.05, 0.1) is 18.4 Å². The van der Waals surface area contributed by atoms with Crippen LogP contribution in [0.25, 0.3) is 11.8 Å². The maximum absolute atomic E-state index is 13.4. The number of ether oxygens (including phenoxy) is 1. The normalized spacial score (nSPS) is 14.9. The van der Waals surface area contributed by atoms with Crippen LogP contribution in [0.1, 0.15) is 32.9 Å². The number of benzene rings is 2. The van der Waals surface area contributed by atoms with Crippen molar-refractivity contribution in [1.29, 1.82) is 0 Å². The van der Waals surface area contributed by atoms with Crippen LogP contribution in [0.4, 0.5) is 10.1 Å². The number of carbonyl (C=O) groups excluding carboxylic acids is 3. The Bertz CT molecular complexity index is 1420. The lowest BCUT2D eigenvalue weighted by Crippen LogP contribution is -2.54. The number of methoxy groups -OCH3 is 1. The van der Waals surface area contributed by atoms with Crippen LogP contribution in [-0.2, 0) is 14.3 Å². The van der Waals surface area contributed by atoms with Crippen molar-refractivity contribution in [2.24, 2.45) is 0 Å². The first kappa shape index (κ1) is 24.0. The van der Waals surface area contributed by atoms with Crippen LogP contribution in [0.5, 0.6) is 0 Å². The SMILES string of the molecule is COC(=O)c1ccc(-n2c(C)cc(/C=C3\C(=O)NC(=S)N(c4ccc(F)cc4)C3=O)c2C)c(C)c1. The summed E-state index contributed by atoms with van der Waals surface area (Å²) in [5, 5.41) is 2.46. The Kier molecular flexibility index (Phi) is 6.36. The molecule has 7 nitrogen and oxygen atoms in total. The van der Waals surface area contributed by atoms with Crippen molar-refractivity contribution < 1.29 is 23.5 Å². The van der Waals surface area contributed by atoms with Gasteiger partial charge in [-0.05, 0) is 98.7 Å². The zero-order valence-corrected chi connectivity index (χ0v) is 20.3. The number of nitrogens with zero attached hydrogens (tertiary/aromatic N) is 2. The summed E-state index contributed by atoms with van der Waals surface area (Å²) in [5.41, 5.74) is 4.74. The van der Waals surface area contributed by atoms with Gasteiger partial charge in [0.2, 0.25) is 0 Å². The summed E-state index contributed by atoms with van der Waals surface area (Å²) in [7, 11) is 1.33. The van der Waals surface area contributed by atoms with Crippen molar-refractivity contribution >= 4 is 46.9 Å². The second-order valence-corrected chi connectivity index (χ2v) is 8.48. The largest absolute Gasteiger partial charge is 0.465 e. The van der Waals surface area contributed by atoms with E-state index in [1.165, 1.54) is 37.5 Å². The molecule has 9 heteroatoms. The summed E-state index contributed by atoms with van der Waals surface area (Å²) in [4.78, 5) is 39.0. The number of hydrogen-bond donors (Lipinski definition) is 1. The Morgan fingerprint density at radius 2 is 1.74 bits per heavy atom. The molecule has 0 spiro atoms. The number of anilines is 1. The van der Waals surface area contributed by atoms with E-state index in [0.717, 1.165) is 27.5 Å². The van der Waals surface area contributed by atoms with E-state index in [9.17, 15) is 18.8 Å². The molecule has 0 aliphatic carbocycles. The minimum absolute atomic E-state index is 0.0736. The van der Waals surface area contributed by atoms with Gasteiger partial charge in [0.1, 0.15) is 11.4 Å². The fraction of sp³-hybridized carbons (Fsp3) is 0.154. The smallest absolute Gasteiger partial charge is 0.337 e. The fourth-order valence-corrected chi connectivity index (χ4v) is 4.37. The average Bonchev–Trinajstić information content (AvgIpc) is 3.09. The standard InChI is InChI=1S/C26H22FN3O4S/c1-14-11-17(25(33)34-4)5-10-22(14)29-15(2)12-18(16(29)3)13-21-23(31)28-26(35)30(24(21)32)20-8-6-19(27)7-9-20/h5-13H,1-4H3,(H,28,31,35)/b21-13+. The van der Waals surface area contributed by atoms with Crippen molar-refractivity contribution in [1.82, 2.24) is 9.88 Å². The van der Waals surface area contributed by atoms with E-state index in [1.54, 1.807) is 12.1 Å². The van der Waals surface area contributed by atoms with E-state index in [2.05, 4.69) is 5.32 Å². The summed E-state index contributed by atoms with van der Waals surface area (Å²) in [6.07, 6.45) is 1.52. The minimum Gasteiger partial charge on any atom is -0.465 e. The van der Waals surface area contributed by atoms with Crippen molar-refractivity contribution in [2.45, 2.75) is 20.8 Å². The monoisotopic (exact) mass is 491 g/mol. The quantitative estimate of drug-likeness (QED) is 0.257. The zero-order chi connectivity index (χ0) is 25.4. The van der Waals surface area contributed by atoms with Crippen LogP contribution in [-0.4, -0.2) is 34.6 Å². The molecule has 3 aromatic rings. The number of halogens is 1. The summed E-state index contributed by atoms with van der Waals surface area (Å²) in [6, 6.07) is 12.4. The molecule has 1 saturated heterocycles. The molecular formula is C26H22FN3O4S. The molecule has 2 heterocycles. The van der Waals surface area contributed by atoms with Gasteiger partial charge < -0.3 is 9.30 Å². The first-order valence-corrected chi connectivity index (χ1v) is 11.1. The lowest BCUT2D eigenvalue weighted by molar-refractivity contribution is -0.122. The third-order valence-corrected chi connectivity index (χ3v) is 6.10. The van der Waals surface area contributed by atoms with Gasteiger partial charge in [-0.15, -0.1) is 0 Å². The number of aryl methyl sites for hydroxylation is 2. The second kappa shape index (κ2) is 9.27. The Morgan fingerprint density at radius 3 is 2.37 bits per heavy atom. The molecular weight excluding hydrogens is 469 g/mol. The maximum Gasteiger partial charge on any atom is 0.337 e. The molecule has 0 radical (unpaired) electrons. The van der Waals surface area contributed by atoms with Crippen LogP contribution in [0.15, 0.2) is 54.1 Å². The van der Waals surface area contributed by atoms with Gasteiger partial charge in [-0.3, -0.25) is 19.8 Å². The molecule has 0 bridgehead atoms. The maximum atomic E-state index is 13.4. The lowest BCUT2D eigenvalue weighted by atomic mass is 10.1. The van der Waals surface area contributed by atoms with Gasteiger partial charge in [0, 0.05) is 17.1 Å². The predicted molar refractivity (Wildman–Crippen MR) is 134 cm³/mol. The Balaban J connectivity index is 1.75. The highest BCUT2D eigenvalue weighted by molar-refractivity contribution is 7.80. The average molecular weight is 492 g/mol. The van der Waals surface area contributed by atoms with E-state index in [-0.39, 0.29) is 10.7 Å². The van der Waals surface area contributed by atoms with E-state index in [0.29, 0.717) is 16.8 Å². The second-order valence-electron chi connectivity index (χ2n) is 8.09. The molecule has 2 amide bonds. The highest BCUT2D eigenvalue weighted by atomic mass is 32.1. The van der Waals surface area contributed by atoms with E-state index < -0.39 is 23.6 Å². The van der Waals surface area contributed by atoms with Crippen molar-refractivity contribution in [3.8, 4) is 5.69 Å². The number of esters is 1. The van der Waals surface area contributed by atoms with Gasteiger partial charge in [0.15, 0.2) is 5.11 Å². The number of amides is 2. The molecule has 4 rings (SSSR count). The third-order valence-electron chi connectivity index (χ3n) is 5.82. The lowest BCUT2D eigenvalue weighted by Gasteiger charge is -2.28. The van der Waals surface area contributed by atoms with Crippen LogP contribution in [0.3, 0.4) is 0 Å². The molecule has 1 aliphatic rings. The highest BCUT2D eigenvalue weighted by Gasteiger charge is 2.34. The molecule has 1 aliphatic heterocycles. The predicted octanol–water partition coefficient (Wildman–Crippen LogP) is 4.16. The van der Waals surface area contributed by atoms with Crippen LogP contribution < -0.4 is 10.2 Å². The number of nitrogens with one attached hydrogen (secondary N) is 1. The van der Waals surface area contributed by atoms with Crippen molar-refractivity contribution in [3.63, 3.8) is 0 Å². The summed E-state index contributed by atoms with van der Waals surface area (Å²) < 4.78 is 20.1. The molecule has 1 N–H and O–H groups in total. The first-order chi connectivity index (χ1) is 16.6. The Hall–Kier alpha value is -4.11. The van der Waals surface area contributed by atoms with Gasteiger partial charge >= 0.3 is 5.97 Å². The highest BCUT2D eigenvalue weighted by Crippen LogP contribution is 2.28. The molecule has 0 atom stereocenters. The zero-order valence-electron chi connectivity index (χ0n) is 19.5. The number of rotatable bonds is 4. The Labute approximate surface area is 206 Å². The Morgan fingerprint density at radius 1 is 1.06 bits per heavy atom. The van der Waals surface area contributed by atoms with Crippen molar-refractivity contribution in [3.05, 3.63) is 88.0 Å². The number of hydrogen-bond acceptors (Lipinski definition) is 5. The number of aromatic nitrogens is 1. The summed E-state index contributed by atoms with van der Waals surface area (Å²) >= 11 is 5.20. The number of thiocarbonyl (C=S) groups is 1. The summed E-state index contributed by atoms with van der Waals surface area (Å²) in [5.74, 6) is -2.08. The van der Waals surface area contributed by atoms with Gasteiger partial charge in [0.25, 0.3) is 11.8 Å². The molecule has 1 aromatic heterocycles. The first-order valence-electron chi connectivity index (χ1n) is 10.7. The fourth-order valence-electron chi connectivity index (χ4n) is 4.09. The van der Waals surface area contributed by atoms with E-state index in [1.807, 2.05) is 37.5 Å². The van der Waals surface area contributed by atoms with Gasteiger partial charge in [-0.25, -0.2) is 9.18 Å². The van der Waals surface area contributed by atoms with Gasteiger partial charge in [-0.1, -0.05) is 0 Å². The number of carbonyl (C=O) groups is 3. The molecule has 35 heavy (non-hydrogen) atoms. The molecule has 1 fully saturated rings. The topological polar surface area (TPSA) is 80.6 Å². The minimum atomic E-state index is -0.609. The van der Waals surface area contributed by atoms with Crippen LogP contribution >= 0.6 is 12.2 Å². The van der Waals surface area contributed by atoms with Crippen molar-refractivity contribution in [2.75, 3.05) is 12.0 Å². The summed E-state index contributed by atoms with van der Waals surface area (Å²) in [6.45, 7) is 5.67. The van der Waals surface area contributed by atoms with Crippen LogP contribution in [0, 0.1) is 26.6 Å². The molecule has 178 valence electrons. The molecule has 0 saturated carbocycles. The molecule has 0 unspecified atom stereocenters.